The van der Waals surface area contributed by atoms with Gasteiger partial charge in [-0.15, -0.1) is 0 Å². The zero-order valence-corrected chi connectivity index (χ0v) is 15.6. The second-order valence-electron chi connectivity index (χ2n) is 6.63. The molecule has 7 heteroatoms. The van der Waals surface area contributed by atoms with Gasteiger partial charge in [0, 0.05) is 6.20 Å². The first-order valence-electron chi connectivity index (χ1n) is 7.77. The van der Waals surface area contributed by atoms with Crippen molar-refractivity contribution in [2.75, 3.05) is 7.11 Å². The Morgan fingerprint density at radius 2 is 1.80 bits per heavy atom. The minimum atomic E-state index is -3.67. The van der Waals surface area contributed by atoms with Crippen molar-refractivity contribution in [1.29, 1.82) is 0 Å². The summed E-state index contributed by atoms with van der Waals surface area (Å²) in [5, 5.41) is 0. The highest BCUT2D eigenvalue weighted by atomic mass is 32.2. The molecule has 1 aromatic heterocycles. The Kier molecular flexibility index (Phi) is 5.59. The lowest BCUT2D eigenvalue weighted by molar-refractivity contribution is 0.0600. The molecule has 0 radical (unpaired) electrons. The number of aromatic nitrogens is 1. The van der Waals surface area contributed by atoms with Gasteiger partial charge in [-0.25, -0.2) is 17.9 Å². The fourth-order valence-electron chi connectivity index (χ4n) is 2.21. The number of nitrogens with zero attached hydrogens (tertiary/aromatic N) is 1. The van der Waals surface area contributed by atoms with E-state index in [1.807, 2.05) is 12.1 Å². The van der Waals surface area contributed by atoms with E-state index in [1.165, 1.54) is 25.4 Å². The van der Waals surface area contributed by atoms with Crippen LogP contribution in [0.2, 0.25) is 0 Å². The quantitative estimate of drug-likeness (QED) is 0.827. The Hall–Kier alpha value is -2.25. The number of methoxy groups -OCH3 is 1. The maximum Gasteiger partial charge on any atom is 0.337 e. The molecule has 0 amide bonds. The van der Waals surface area contributed by atoms with Gasteiger partial charge in [0.05, 0.1) is 29.8 Å². The Balaban J connectivity index is 2.13. The minimum Gasteiger partial charge on any atom is -0.465 e. The Morgan fingerprint density at radius 3 is 2.36 bits per heavy atom. The number of rotatable bonds is 5. The summed E-state index contributed by atoms with van der Waals surface area (Å²) in [6.07, 6.45) is 1.44. The third-order valence-corrected chi connectivity index (χ3v) is 5.13. The van der Waals surface area contributed by atoms with Gasteiger partial charge in [0.1, 0.15) is 0 Å². The fraction of sp³-hybridized carbons (Fsp3) is 0.333. The second kappa shape index (κ2) is 7.33. The number of sulfonamides is 1. The number of nitrogens with one attached hydrogen (secondary N) is 1. The van der Waals surface area contributed by atoms with Crippen LogP contribution in [-0.2, 0) is 26.7 Å². The summed E-state index contributed by atoms with van der Waals surface area (Å²) in [6, 6.07) is 9.80. The van der Waals surface area contributed by atoms with Crippen LogP contribution < -0.4 is 4.72 Å². The number of benzene rings is 1. The molecule has 0 atom stereocenters. The van der Waals surface area contributed by atoms with Crippen molar-refractivity contribution >= 4 is 16.0 Å². The summed E-state index contributed by atoms with van der Waals surface area (Å²) in [5.74, 6) is -0.496. The lowest BCUT2D eigenvalue weighted by Crippen LogP contribution is -2.24. The van der Waals surface area contributed by atoms with E-state index >= 15 is 0 Å². The molecule has 0 spiro atoms. The van der Waals surface area contributed by atoms with Gasteiger partial charge >= 0.3 is 5.97 Å². The Morgan fingerprint density at radius 1 is 1.16 bits per heavy atom. The standard InChI is InChI=1S/C18H22N2O4S/c1-18(2,3)14-5-7-16(8-6-14)25(22,23)20-12-15-11-13(9-10-19-15)17(21)24-4/h5-11,20H,12H2,1-4H3. The molecule has 2 rings (SSSR count). The van der Waals surface area contributed by atoms with Crippen LogP contribution in [0.15, 0.2) is 47.5 Å². The maximum absolute atomic E-state index is 12.4. The third-order valence-electron chi connectivity index (χ3n) is 3.71. The van der Waals surface area contributed by atoms with Crippen LogP contribution in [0.4, 0.5) is 0 Å². The number of pyridine rings is 1. The van der Waals surface area contributed by atoms with E-state index in [-0.39, 0.29) is 16.9 Å². The zero-order valence-electron chi connectivity index (χ0n) is 14.7. The van der Waals surface area contributed by atoms with Crippen LogP contribution in [0.5, 0.6) is 0 Å². The molecule has 0 aliphatic carbocycles. The van der Waals surface area contributed by atoms with Crippen LogP contribution in [-0.4, -0.2) is 26.5 Å². The van der Waals surface area contributed by atoms with Crippen molar-refractivity contribution in [3.63, 3.8) is 0 Å². The molecule has 25 heavy (non-hydrogen) atoms. The fourth-order valence-corrected chi connectivity index (χ4v) is 3.21. The van der Waals surface area contributed by atoms with Crippen LogP contribution >= 0.6 is 0 Å². The van der Waals surface area contributed by atoms with Crippen molar-refractivity contribution < 1.29 is 17.9 Å². The first kappa shape index (κ1) is 19.1. The van der Waals surface area contributed by atoms with Crippen LogP contribution in [0, 0.1) is 0 Å². The summed E-state index contributed by atoms with van der Waals surface area (Å²) >= 11 is 0. The smallest absolute Gasteiger partial charge is 0.337 e. The predicted molar refractivity (Wildman–Crippen MR) is 94.7 cm³/mol. The molecular weight excluding hydrogens is 340 g/mol. The summed E-state index contributed by atoms with van der Waals surface area (Å²) in [5.41, 5.74) is 1.76. The highest BCUT2D eigenvalue weighted by molar-refractivity contribution is 7.89. The van der Waals surface area contributed by atoms with E-state index in [1.54, 1.807) is 12.1 Å². The number of esters is 1. The van der Waals surface area contributed by atoms with Crippen molar-refractivity contribution in [3.8, 4) is 0 Å². The SMILES string of the molecule is COC(=O)c1ccnc(CNS(=O)(=O)c2ccc(C(C)(C)C)cc2)c1. The minimum absolute atomic E-state index is 0.0197. The first-order valence-corrected chi connectivity index (χ1v) is 9.25. The lowest BCUT2D eigenvalue weighted by atomic mass is 9.87. The summed E-state index contributed by atoms with van der Waals surface area (Å²) in [6.45, 7) is 6.17. The third kappa shape index (κ3) is 4.87. The molecule has 1 N–H and O–H groups in total. The molecule has 0 bridgehead atoms. The van der Waals surface area contributed by atoms with Crippen LogP contribution in [0.1, 0.15) is 42.4 Å². The molecule has 6 nitrogen and oxygen atoms in total. The predicted octanol–water partition coefficient (Wildman–Crippen LogP) is 2.64. The normalized spacial score (nSPS) is 12.0. The second-order valence-corrected chi connectivity index (χ2v) is 8.39. The lowest BCUT2D eigenvalue weighted by Gasteiger charge is -2.19. The molecule has 0 aliphatic heterocycles. The van der Waals surface area contributed by atoms with E-state index in [4.69, 9.17) is 0 Å². The van der Waals surface area contributed by atoms with Gasteiger partial charge in [0.2, 0.25) is 10.0 Å². The molecule has 0 aliphatic rings. The maximum atomic E-state index is 12.4. The van der Waals surface area contributed by atoms with Crippen LogP contribution in [0.3, 0.4) is 0 Å². The van der Waals surface area contributed by atoms with E-state index in [0.29, 0.717) is 11.3 Å². The summed E-state index contributed by atoms with van der Waals surface area (Å²) in [7, 11) is -2.38. The molecule has 0 saturated carbocycles. The number of ether oxygens (including phenoxy) is 1. The van der Waals surface area contributed by atoms with Crippen molar-refractivity contribution in [1.82, 2.24) is 9.71 Å². The number of carbonyl (C=O) groups excluding carboxylic acids is 1. The van der Waals surface area contributed by atoms with E-state index in [2.05, 4.69) is 35.2 Å². The highest BCUT2D eigenvalue weighted by Gasteiger charge is 2.18. The highest BCUT2D eigenvalue weighted by Crippen LogP contribution is 2.23. The topological polar surface area (TPSA) is 85.4 Å². The van der Waals surface area contributed by atoms with Crippen molar-refractivity contribution in [2.45, 2.75) is 37.6 Å². The molecule has 134 valence electrons. The molecule has 0 saturated heterocycles. The van der Waals surface area contributed by atoms with E-state index in [0.717, 1.165) is 5.56 Å². The molecular formula is C18H22N2O4S. The molecule has 1 heterocycles. The average Bonchev–Trinajstić information content (AvgIpc) is 2.59. The average molecular weight is 362 g/mol. The number of hydrogen-bond donors (Lipinski definition) is 1. The molecule has 1 aromatic carbocycles. The Bertz CT molecular complexity index is 853. The number of hydrogen-bond acceptors (Lipinski definition) is 5. The summed E-state index contributed by atoms with van der Waals surface area (Å²) < 4.78 is 32.0. The number of carbonyl (C=O) groups is 1. The van der Waals surface area contributed by atoms with E-state index in [9.17, 15) is 13.2 Å². The van der Waals surface area contributed by atoms with Gasteiger partial charge in [0.25, 0.3) is 0 Å². The van der Waals surface area contributed by atoms with Gasteiger partial charge in [-0.3, -0.25) is 4.98 Å². The van der Waals surface area contributed by atoms with Gasteiger partial charge in [-0.1, -0.05) is 32.9 Å². The van der Waals surface area contributed by atoms with Gasteiger partial charge in [-0.05, 0) is 35.2 Å². The Labute approximate surface area is 148 Å². The largest absolute Gasteiger partial charge is 0.465 e. The summed E-state index contributed by atoms with van der Waals surface area (Å²) in [4.78, 5) is 15.8. The van der Waals surface area contributed by atoms with E-state index < -0.39 is 16.0 Å². The van der Waals surface area contributed by atoms with Gasteiger partial charge < -0.3 is 4.74 Å². The zero-order chi connectivity index (χ0) is 18.7. The molecule has 0 unspecified atom stereocenters. The molecule has 2 aromatic rings. The monoisotopic (exact) mass is 362 g/mol. The van der Waals surface area contributed by atoms with Gasteiger partial charge in [0.15, 0.2) is 0 Å². The van der Waals surface area contributed by atoms with Crippen molar-refractivity contribution in [3.05, 3.63) is 59.4 Å². The molecule has 0 fully saturated rings. The van der Waals surface area contributed by atoms with Crippen LogP contribution in [0.25, 0.3) is 0 Å². The first-order chi connectivity index (χ1) is 11.6. The van der Waals surface area contributed by atoms with Crippen molar-refractivity contribution in [2.24, 2.45) is 0 Å². The van der Waals surface area contributed by atoms with Gasteiger partial charge in [-0.2, -0.15) is 0 Å².